The number of phenolic OH excluding ortho intramolecular Hbond substituents is 2. The molecular formula is C12H17NO4. The lowest BCUT2D eigenvalue weighted by Crippen LogP contribution is -2.44. The molecule has 0 saturated heterocycles. The normalized spacial score (nSPS) is 11.2. The van der Waals surface area contributed by atoms with Gasteiger partial charge in [-0.1, -0.05) is 0 Å². The van der Waals surface area contributed by atoms with Gasteiger partial charge in [-0.15, -0.1) is 0 Å². The Kier molecular flexibility index (Phi) is 3.96. The van der Waals surface area contributed by atoms with Gasteiger partial charge in [0.2, 0.25) is 0 Å². The van der Waals surface area contributed by atoms with Gasteiger partial charge in [-0.25, -0.2) is 0 Å². The Bertz CT molecular complexity index is 415. The van der Waals surface area contributed by atoms with Gasteiger partial charge in [0, 0.05) is 17.7 Å². The van der Waals surface area contributed by atoms with Gasteiger partial charge in [-0.05, 0) is 38.5 Å². The van der Waals surface area contributed by atoms with Crippen molar-refractivity contribution in [1.82, 2.24) is 5.32 Å². The van der Waals surface area contributed by atoms with E-state index in [4.69, 9.17) is 10.2 Å². The molecule has 5 heteroatoms. The predicted octanol–water partition coefficient (Wildman–Crippen LogP) is 0.989. The molecule has 4 N–H and O–H groups in total. The lowest BCUT2D eigenvalue weighted by molar-refractivity contribution is 0.0899. The fraction of sp³-hybridized carbons (Fsp3) is 0.417. The molecule has 17 heavy (non-hydrogen) atoms. The van der Waals surface area contributed by atoms with Gasteiger partial charge in [0.15, 0.2) is 11.5 Å². The molecule has 94 valence electrons. The smallest absolute Gasteiger partial charge is 0.251 e. The van der Waals surface area contributed by atoms with Crippen molar-refractivity contribution in [2.45, 2.75) is 25.8 Å². The van der Waals surface area contributed by atoms with E-state index in [0.29, 0.717) is 6.42 Å². The van der Waals surface area contributed by atoms with Crippen molar-refractivity contribution in [3.8, 4) is 11.5 Å². The van der Waals surface area contributed by atoms with E-state index < -0.39 is 5.54 Å². The second-order valence-corrected chi connectivity index (χ2v) is 4.52. The molecule has 5 nitrogen and oxygen atoms in total. The van der Waals surface area contributed by atoms with Gasteiger partial charge >= 0.3 is 0 Å². The van der Waals surface area contributed by atoms with Crippen LogP contribution >= 0.6 is 0 Å². The van der Waals surface area contributed by atoms with Crippen LogP contribution in [0.4, 0.5) is 0 Å². The van der Waals surface area contributed by atoms with Crippen LogP contribution in [-0.4, -0.2) is 33.4 Å². The largest absolute Gasteiger partial charge is 0.504 e. The molecule has 0 saturated carbocycles. The number of carbonyl (C=O) groups excluding carboxylic acids is 1. The highest BCUT2D eigenvalue weighted by atomic mass is 16.3. The van der Waals surface area contributed by atoms with Crippen LogP contribution in [0.5, 0.6) is 11.5 Å². The maximum absolute atomic E-state index is 11.8. The Morgan fingerprint density at radius 1 is 1.29 bits per heavy atom. The molecule has 0 aliphatic heterocycles. The zero-order valence-corrected chi connectivity index (χ0v) is 9.90. The zero-order chi connectivity index (χ0) is 13.1. The monoisotopic (exact) mass is 239 g/mol. The van der Waals surface area contributed by atoms with Crippen LogP contribution in [0.3, 0.4) is 0 Å². The van der Waals surface area contributed by atoms with Gasteiger partial charge in [0.1, 0.15) is 0 Å². The third kappa shape index (κ3) is 3.64. The number of amides is 1. The molecular weight excluding hydrogens is 222 g/mol. The zero-order valence-electron chi connectivity index (χ0n) is 9.90. The van der Waals surface area contributed by atoms with Gasteiger partial charge in [0.25, 0.3) is 5.91 Å². The molecule has 0 radical (unpaired) electrons. The summed E-state index contributed by atoms with van der Waals surface area (Å²) in [6.07, 6.45) is 0.433. The SMILES string of the molecule is CC(C)(CCO)NC(=O)c1ccc(O)c(O)c1. The van der Waals surface area contributed by atoms with E-state index in [2.05, 4.69) is 5.32 Å². The Balaban J connectivity index is 2.80. The van der Waals surface area contributed by atoms with E-state index >= 15 is 0 Å². The van der Waals surface area contributed by atoms with Crippen molar-refractivity contribution in [1.29, 1.82) is 0 Å². The van der Waals surface area contributed by atoms with Crippen LogP contribution in [-0.2, 0) is 0 Å². The summed E-state index contributed by atoms with van der Waals surface area (Å²) in [7, 11) is 0. The molecule has 1 aromatic carbocycles. The summed E-state index contributed by atoms with van der Waals surface area (Å²) in [6, 6.07) is 3.86. The molecule has 0 fully saturated rings. The lowest BCUT2D eigenvalue weighted by atomic mass is 10.0. The number of aromatic hydroxyl groups is 2. The van der Waals surface area contributed by atoms with Crippen molar-refractivity contribution in [3.05, 3.63) is 23.8 Å². The number of phenols is 2. The van der Waals surface area contributed by atoms with Crippen molar-refractivity contribution in [2.24, 2.45) is 0 Å². The average Bonchev–Trinajstić information content (AvgIpc) is 2.21. The molecule has 0 aliphatic rings. The summed E-state index contributed by atoms with van der Waals surface area (Å²) in [5.41, 5.74) is -0.273. The molecule has 0 spiro atoms. The van der Waals surface area contributed by atoms with Crippen LogP contribution in [0, 0.1) is 0 Å². The van der Waals surface area contributed by atoms with Gasteiger partial charge in [-0.2, -0.15) is 0 Å². The number of aliphatic hydroxyl groups excluding tert-OH is 1. The summed E-state index contributed by atoms with van der Waals surface area (Å²) in [5, 5.41) is 30.0. The molecule has 0 unspecified atom stereocenters. The molecule has 1 rings (SSSR count). The quantitative estimate of drug-likeness (QED) is 0.590. The molecule has 0 bridgehead atoms. The van der Waals surface area contributed by atoms with E-state index in [1.165, 1.54) is 18.2 Å². The second kappa shape index (κ2) is 5.05. The first kappa shape index (κ1) is 13.3. The number of benzene rings is 1. The molecule has 0 atom stereocenters. The molecule has 1 aromatic rings. The third-order valence-corrected chi connectivity index (χ3v) is 2.43. The summed E-state index contributed by atoms with van der Waals surface area (Å²) >= 11 is 0. The maximum Gasteiger partial charge on any atom is 0.251 e. The van der Waals surface area contributed by atoms with Crippen molar-refractivity contribution < 1.29 is 20.1 Å². The van der Waals surface area contributed by atoms with E-state index in [1.807, 2.05) is 0 Å². The van der Waals surface area contributed by atoms with Crippen molar-refractivity contribution in [3.63, 3.8) is 0 Å². The maximum atomic E-state index is 11.8. The van der Waals surface area contributed by atoms with Gasteiger partial charge in [0.05, 0.1) is 0 Å². The first-order valence-electron chi connectivity index (χ1n) is 5.31. The van der Waals surface area contributed by atoms with Crippen LogP contribution in [0.15, 0.2) is 18.2 Å². The van der Waals surface area contributed by atoms with Crippen LogP contribution < -0.4 is 5.32 Å². The molecule has 1 amide bonds. The van der Waals surface area contributed by atoms with Crippen LogP contribution in [0.1, 0.15) is 30.6 Å². The number of hydrogen-bond donors (Lipinski definition) is 4. The lowest BCUT2D eigenvalue weighted by Gasteiger charge is -2.25. The summed E-state index contributed by atoms with van der Waals surface area (Å²) in [5.74, 6) is -0.965. The predicted molar refractivity (Wildman–Crippen MR) is 63.0 cm³/mol. The average molecular weight is 239 g/mol. The second-order valence-electron chi connectivity index (χ2n) is 4.52. The van der Waals surface area contributed by atoms with Gasteiger partial charge in [-0.3, -0.25) is 4.79 Å². The molecule has 0 aliphatic carbocycles. The molecule has 0 heterocycles. The minimum Gasteiger partial charge on any atom is -0.504 e. The number of hydrogen-bond acceptors (Lipinski definition) is 4. The third-order valence-electron chi connectivity index (χ3n) is 2.43. The van der Waals surface area contributed by atoms with E-state index in [-0.39, 0.29) is 29.6 Å². The van der Waals surface area contributed by atoms with Crippen molar-refractivity contribution in [2.75, 3.05) is 6.61 Å². The number of nitrogens with one attached hydrogen (secondary N) is 1. The summed E-state index contributed by atoms with van der Waals surface area (Å²) < 4.78 is 0. The summed E-state index contributed by atoms with van der Waals surface area (Å²) in [6.45, 7) is 3.57. The number of rotatable bonds is 4. The topological polar surface area (TPSA) is 89.8 Å². The fourth-order valence-electron chi connectivity index (χ4n) is 1.39. The standard InChI is InChI=1S/C12H17NO4/c1-12(2,5-6-14)13-11(17)8-3-4-9(15)10(16)7-8/h3-4,7,14-16H,5-6H2,1-2H3,(H,13,17). The first-order chi connectivity index (χ1) is 7.85. The van der Waals surface area contributed by atoms with Crippen molar-refractivity contribution >= 4 is 5.91 Å². The highest BCUT2D eigenvalue weighted by Gasteiger charge is 2.20. The van der Waals surface area contributed by atoms with E-state index in [9.17, 15) is 9.90 Å². The minimum atomic E-state index is -0.528. The Labute approximate surface area is 99.7 Å². The first-order valence-corrected chi connectivity index (χ1v) is 5.31. The van der Waals surface area contributed by atoms with E-state index in [1.54, 1.807) is 13.8 Å². The Morgan fingerprint density at radius 2 is 1.94 bits per heavy atom. The highest BCUT2D eigenvalue weighted by molar-refractivity contribution is 5.95. The van der Waals surface area contributed by atoms with Gasteiger partial charge < -0.3 is 20.6 Å². The Morgan fingerprint density at radius 3 is 2.47 bits per heavy atom. The minimum absolute atomic E-state index is 0.0197. The Hall–Kier alpha value is -1.75. The van der Waals surface area contributed by atoms with E-state index in [0.717, 1.165) is 0 Å². The highest BCUT2D eigenvalue weighted by Crippen LogP contribution is 2.25. The molecule has 0 aromatic heterocycles. The van der Waals surface area contributed by atoms with Crippen LogP contribution in [0.2, 0.25) is 0 Å². The van der Waals surface area contributed by atoms with Crippen LogP contribution in [0.25, 0.3) is 0 Å². The summed E-state index contributed by atoms with van der Waals surface area (Å²) in [4.78, 5) is 11.8. The fourth-order valence-corrected chi connectivity index (χ4v) is 1.39. The number of carbonyl (C=O) groups is 1. The number of aliphatic hydroxyl groups is 1.